The Morgan fingerprint density at radius 1 is 1.10 bits per heavy atom. The van der Waals surface area contributed by atoms with E-state index < -0.39 is 0 Å². The number of amides is 1. The maximum Gasteiger partial charge on any atom is 0.250 e. The zero-order valence-corrected chi connectivity index (χ0v) is 19.3. The number of nitrogens with zero attached hydrogens (tertiary/aromatic N) is 3. The number of carbonyl (C=O) groups excluding carboxylic acids is 1. The number of fused-ring (bicyclic) bond motifs is 1. The van der Waals surface area contributed by atoms with Crippen molar-refractivity contribution in [1.82, 2.24) is 15.6 Å². The number of rotatable bonds is 8. The maximum atomic E-state index is 12.0. The van der Waals surface area contributed by atoms with Crippen LogP contribution in [0.4, 0.5) is 0 Å². The van der Waals surface area contributed by atoms with Crippen LogP contribution < -0.4 is 5.43 Å². The molecule has 30 heavy (non-hydrogen) atoms. The smallest absolute Gasteiger partial charge is 0.250 e. The lowest BCUT2D eigenvalue weighted by atomic mass is 10.1. The van der Waals surface area contributed by atoms with Gasteiger partial charge in [-0.25, -0.2) is 5.43 Å². The Morgan fingerprint density at radius 2 is 1.90 bits per heavy atom. The second-order valence-corrected chi connectivity index (χ2v) is 10.7. The fourth-order valence-electron chi connectivity index (χ4n) is 2.71. The molecular formula is C21H18N4OS4. The van der Waals surface area contributed by atoms with Gasteiger partial charge in [0.05, 0.1) is 12.0 Å². The molecule has 1 amide bonds. The number of hydrogen-bond donors (Lipinski definition) is 1. The largest absolute Gasteiger partial charge is 0.272 e. The average molecular weight is 471 g/mol. The minimum absolute atomic E-state index is 0.161. The van der Waals surface area contributed by atoms with E-state index in [0.717, 1.165) is 24.9 Å². The van der Waals surface area contributed by atoms with Crippen LogP contribution in [0, 0.1) is 6.92 Å². The highest BCUT2D eigenvalue weighted by Gasteiger charge is 2.09. The number of benzene rings is 2. The van der Waals surface area contributed by atoms with Crippen LogP contribution in [0.25, 0.3) is 10.8 Å². The Morgan fingerprint density at radius 3 is 2.73 bits per heavy atom. The normalized spacial score (nSPS) is 11.4. The Bertz CT molecular complexity index is 1180. The van der Waals surface area contributed by atoms with Gasteiger partial charge in [-0.3, -0.25) is 4.79 Å². The van der Waals surface area contributed by atoms with Gasteiger partial charge in [-0.05, 0) is 40.3 Å². The number of thioether (sulfide) groups is 2. The molecule has 0 bridgehead atoms. The number of carbonyl (C=O) groups is 1. The van der Waals surface area contributed by atoms with E-state index in [2.05, 4.69) is 63.2 Å². The summed E-state index contributed by atoms with van der Waals surface area (Å²) in [4.78, 5) is 13.0. The van der Waals surface area contributed by atoms with Crippen molar-refractivity contribution in [2.45, 2.75) is 21.4 Å². The van der Waals surface area contributed by atoms with Crippen molar-refractivity contribution in [2.75, 3.05) is 5.75 Å². The van der Waals surface area contributed by atoms with Gasteiger partial charge >= 0.3 is 0 Å². The van der Waals surface area contributed by atoms with Crippen molar-refractivity contribution in [2.24, 2.45) is 5.10 Å². The van der Waals surface area contributed by atoms with E-state index >= 15 is 0 Å². The Hall–Kier alpha value is -2.20. The predicted molar refractivity (Wildman–Crippen MR) is 129 cm³/mol. The molecule has 4 rings (SSSR count). The molecule has 5 nitrogen and oxygen atoms in total. The molecule has 2 aromatic carbocycles. The molecule has 2 heterocycles. The van der Waals surface area contributed by atoms with Crippen LogP contribution in [0.2, 0.25) is 0 Å². The summed E-state index contributed by atoms with van der Waals surface area (Å²) in [6, 6.07) is 16.8. The van der Waals surface area contributed by atoms with Gasteiger partial charge < -0.3 is 0 Å². The first-order chi connectivity index (χ1) is 14.7. The molecule has 0 unspecified atom stereocenters. The zero-order chi connectivity index (χ0) is 20.8. The highest BCUT2D eigenvalue weighted by atomic mass is 32.2. The number of thiophene rings is 1. The van der Waals surface area contributed by atoms with Crippen LogP contribution >= 0.6 is 46.2 Å². The molecule has 9 heteroatoms. The van der Waals surface area contributed by atoms with Crippen molar-refractivity contribution in [1.29, 1.82) is 0 Å². The summed E-state index contributed by atoms with van der Waals surface area (Å²) in [5.41, 5.74) is 4.98. The fourth-order valence-corrected chi connectivity index (χ4v) is 6.31. The van der Waals surface area contributed by atoms with Crippen molar-refractivity contribution in [3.8, 4) is 0 Å². The van der Waals surface area contributed by atoms with Gasteiger partial charge in [0.25, 0.3) is 5.91 Å². The van der Waals surface area contributed by atoms with Gasteiger partial charge in [0.2, 0.25) is 0 Å². The molecular weight excluding hydrogens is 453 g/mol. The lowest BCUT2D eigenvalue weighted by molar-refractivity contribution is -0.118. The summed E-state index contributed by atoms with van der Waals surface area (Å²) >= 11 is 6.14. The molecule has 0 aliphatic heterocycles. The number of aromatic nitrogens is 2. The van der Waals surface area contributed by atoms with Gasteiger partial charge in [-0.2, -0.15) is 5.10 Å². The SMILES string of the molecule is Cc1ccsc1/C=N/NC(=O)CSc1nnc(SCc2cccc3ccccc23)s1. The number of aryl methyl sites for hydroxylation is 1. The molecule has 4 aromatic rings. The molecule has 0 aliphatic rings. The van der Waals surface area contributed by atoms with Crippen LogP contribution in [0.15, 0.2) is 67.7 Å². The summed E-state index contributed by atoms with van der Waals surface area (Å²) in [6.07, 6.45) is 1.68. The molecule has 0 saturated carbocycles. The molecule has 0 fully saturated rings. The highest BCUT2D eigenvalue weighted by molar-refractivity contribution is 8.03. The molecule has 152 valence electrons. The summed E-state index contributed by atoms with van der Waals surface area (Å²) in [5, 5.41) is 17.0. The molecule has 0 saturated heterocycles. The summed E-state index contributed by atoms with van der Waals surface area (Å²) in [6.45, 7) is 2.01. The first-order valence-electron chi connectivity index (χ1n) is 9.11. The molecule has 0 spiro atoms. The van der Waals surface area contributed by atoms with E-state index in [0.29, 0.717) is 0 Å². The second-order valence-electron chi connectivity index (χ2n) is 6.31. The minimum Gasteiger partial charge on any atom is -0.272 e. The Balaban J connectivity index is 1.26. The van der Waals surface area contributed by atoms with E-state index in [1.807, 2.05) is 18.4 Å². The number of nitrogens with one attached hydrogen (secondary N) is 1. The van der Waals surface area contributed by atoms with Crippen molar-refractivity contribution in [3.05, 3.63) is 69.9 Å². The average Bonchev–Trinajstić information content (AvgIpc) is 3.39. The lowest BCUT2D eigenvalue weighted by Crippen LogP contribution is -2.19. The molecule has 0 aliphatic carbocycles. The van der Waals surface area contributed by atoms with Gasteiger partial charge in [0.15, 0.2) is 8.68 Å². The summed E-state index contributed by atoms with van der Waals surface area (Å²) in [7, 11) is 0. The summed E-state index contributed by atoms with van der Waals surface area (Å²) < 4.78 is 1.68. The van der Waals surface area contributed by atoms with E-state index in [4.69, 9.17) is 0 Å². The van der Waals surface area contributed by atoms with Gasteiger partial charge in [-0.15, -0.1) is 21.5 Å². The predicted octanol–water partition coefficient (Wildman–Crippen LogP) is 5.60. The first kappa shape index (κ1) is 21.0. The zero-order valence-electron chi connectivity index (χ0n) is 16.1. The van der Waals surface area contributed by atoms with Crippen LogP contribution in [0.3, 0.4) is 0 Å². The molecule has 1 N–H and O–H groups in total. The number of hydrazone groups is 1. The van der Waals surface area contributed by atoms with Gasteiger partial charge in [-0.1, -0.05) is 77.3 Å². The van der Waals surface area contributed by atoms with E-state index in [-0.39, 0.29) is 11.7 Å². The van der Waals surface area contributed by atoms with Gasteiger partial charge in [0, 0.05) is 10.6 Å². The van der Waals surface area contributed by atoms with E-state index in [9.17, 15) is 4.79 Å². The molecule has 0 atom stereocenters. The first-order valence-corrected chi connectivity index (χ1v) is 12.8. The van der Waals surface area contributed by atoms with E-state index in [1.54, 1.807) is 29.3 Å². The quantitative estimate of drug-likeness (QED) is 0.206. The van der Waals surface area contributed by atoms with Crippen LogP contribution in [0.1, 0.15) is 16.0 Å². The van der Waals surface area contributed by atoms with Crippen molar-refractivity contribution < 1.29 is 4.79 Å². The standard InChI is InChI=1S/C21H18N4OS4/c1-14-9-10-27-18(14)11-22-23-19(26)13-29-21-25-24-20(30-21)28-12-16-7-4-6-15-5-2-3-8-17(15)16/h2-11H,12-13H2,1H3,(H,23,26)/b22-11+. The Labute approximate surface area is 191 Å². The second kappa shape index (κ2) is 10.2. The molecule has 2 aromatic heterocycles. The maximum absolute atomic E-state index is 12.0. The van der Waals surface area contributed by atoms with E-state index in [1.165, 1.54) is 39.4 Å². The third kappa shape index (κ3) is 5.48. The Kier molecular flexibility index (Phi) is 7.16. The van der Waals surface area contributed by atoms with Crippen LogP contribution in [-0.4, -0.2) is 28.1 Å². The van der Waals surface area contributed by atoms with Crippen molar-refractivity contribution in [3.63, 3.8) is 0 Å². The highest BCUT2D eigenvalue weighted by Crippen LogP contribution is 2.32. The third-order valence-electron chi connectivity index (χ3n) is 4.22. The van der Waals surface area contributed by atoms with Crippen LogP contribution in [-0.2, 0) is 10.5 Å². The fraction of sp³-hybridized carbons (Fsp3) is 0.143. The topological polar surface area (TPSA) is 67.2 Å². The van der Waals surface area contributed by atoms with Crippen molar-refractivity contribution >= 4 is 69.1 Å². The summed E-state index contributed by atoms with van der Waals surface area (Å²) in [5.74, 6) is 0.923. The van der Waals surface area contributed by atoms with Gasteiger partial charge in [0.1, 0.15) is 0 Å². The lowest BCUT2D eigenvalue weighted by Gasteiger charge is -2.04. The third-order valence-corrected chi connectivity index (χ3v) is 8.41. The minimum atomic E-state index is -0.161. The molecule has 0 radical (unpaired) electrons. The number of hydrogen-bond acceptors (Lipinski definition) is 8. The van der Waals surface area contributed by atoms with Crippen LogP contribution in [0.5, 0.6) is 0 Å². The monoisotopic (exact) mass is 470 g/mol.